The van der Waals surface area contributed by atoms with E-state index in [4.69, 9.17) is 4.74 Å². The van der Waals surface area contributed by atoms with E-state index in [9.17, 15) is 14.7 Å². The highest BCUT2D eigenvalue weighted by molar-refractivity contribution is 5.96. The van der Waals surface area contributed by atoms with Gasteiger partial charge in [0.25, 0.3) is 0 Å². The third-order valence-electron chi connectivity index (χ3n) is 5.09. The second kappa shape index (κ2) is 7.68. The molecule has 1 aromatic carbocycles. The van der Waals surface area contributed by atoms with Gasteiger partial charge in [0.05, 0.1) is 17.7 Å². The molecule has 0 amide bonds. The largest absolute Gasteiger partial charge is 0.478 e. The van der Waals surface area contributed by atoms with Crippen LogP contribution in [0.3, 0.4) is 0 Å². The number of benzene rings is 1. The molecule has 25 heavy (non-hydrogen) atoms. The number of hydrogen-bond donors (Lipinski definition) is 1. The summed E-state index contributed by atoms with van der Waals surface area (Å²) in [6.07, 6.45) is 6.50. The molecular formula is C21H24O4. The van der Waals surface area contributed by atoms with Crippen molar-refractivity contribution in [1.29, 1.82) is 0 Å². The lowest BCUT2D eigenvalue weighted by molar-refractivity contribution is -0.138. The molecule has 2 aliphatic rings. The van der Waals surface area contributed by atoms with Crippen molar-refractivity contribution in [3.8, 4) is 0 Å². The van der Waals surface area contributed by atoms with Gasteiger partial charge >= 0.3 is 11.9 Å². The molecule has 0 aromatic heterocycles. The number of carbonyl (C=O) groups is 2. The summed E-state index contributed by atoms with van der Waals surface area (Å²) in [6, 6.07) is 7.10. The summed E-state index contributed by atoms with van der Waals surface area (Å²) in [5.74, 6) is -1.12. The fourth-order valence-electron chi connectivity index (χ4n) is 3.94. The van der Waals surface area contributed by atoms with Crippen molar-refractivity contribution in [2.24, 2.45) is 0 Å². The number of rotatable bonds is 6. The minimum atomic E-state index is -0.904. The average Bonchev–Trinajstić information content (AvgIpc) is 2.98. The number of hydrogen-bond acceptors (Lipinski definition) is 3. The molecule has 0 aliphatic heterocycles. The van der Waals surface area contributed by atoms with Gasteiger partial charge in [-0.1, -0.05) is 29.3 Å². The predicted octanol–water partition coefficient (Wildman–Crippen LogP) is 4.45. The van der Waals surface area contributed by atoms with E-state index >= 15 is 0 Å². The van der Waals surface area contributed by atoms with Crippen LogP contribution in [0.2, 0.25) is 0 Å². The van der Waals surface area contributed by atoms with Crippen LogP contribution in [0.15, 0.2) is 46.6 Å². The maximum atomic E-state index is 12.5. The number of carbonyl (C=O) groups excluding carboxylic acids is 1. The van der Waals surface area contributed by atoms with E-state index in [1.807, 2.05) is 19.1 Å². The van der Waals surface area contributed by atoms with E-state index in [1.54, 1.807) is 12.1 Å². The Morgan fingerprint density at radius 3 is 2.64 bits per heavy atom. The highest BCUT2D eigenvalue weighted by atomic mass is 16.5. The molecule has 0 atom stereocenters. The number of carboxylic acids is 1. The minimum Gasteiger partial charge on any atom is -0.478 e. The van der Waals surface area contributed by atoms with Gasteiger partial charge < -0.3 is 9.84 Å². The second-order valence-electron chi connectivity index (χ2n) is 6.63. The Kier molecular flexibility index (Phi) is 5.37. The normalized spacial score (nSPS) is 16.8. The van der Waals surface area contributed by atoms with Crippen molar-refractivity contribution >= 4 is 11.9 Å². The molecule has 132 valence electrons. The molecule has 0 unspecified atom stereocenters. The van der Waals surface area contributed by atoms with Gasteiger partial charge in [-0.15, -0.1) is 0 Å². The van der Waals surface area contributed by atoms with Crippen LogP contribution in [0.5, 0.6) is 0 Å². The standard InChI is InChI=1S/C21H24O4/c1-2-25-21(24)19-16(13-15-8-4-5-9-17(15)19)12-11-14-7-3-6-10-18(14)20(22)23/h3,6-7,10H,2,4-5,8-9,11-13H2,1H3,(H,22,23). The lowest BCUT2D eigenvalue weighted by atomic mass is 9.91. The fraction of sp³-hybridized carbons (Fsp3) is 0.429. The zero-order valence-electron chi connectivity index (χ0n) is 14.6. The van der Waals surface area contributed by atoms with Crippen LogP contribution in [0, 0.1) is 0 Å². The van der Waals surface area contributed by atoms with Crippen molar-refractivity contribution in [3.63, 3.8) is 0 Å². The summed E-state index contributed by atoms with van der Waals surface area (Å²) in [5.41, 5.74) is 5.64. The van der Waals surface area contributed by atoms with Gasteiger partial charge in [0.1, 0.15) is 0 Å². The highest BCUT2D eigenvalue weighted by Gasteiger charge is 2.31. The molecule has 0 spiro atoms. The second-order valence-corrected chi connectivity index (χ2v) is 6.63. The molecule has 0 fully saturated rings. The van der Waals surface area contributed by atoms with Crippen molar-refractivity contribution in [2.75, 3.05) is 6.61 Å². The monoisotopic (exact) mass is 340 g/mol. The molecular weight excluding hydrogens is 316 g/mol. The van der Waals surface area contributed by atoms with E-state index in [1.165, 1.54) is 17.6 Å². The van der Waals surface area contributed by atoms with E-state index in [0.717, 1.165) is 42.4 Å². The maximum Gasteiger partial charge on any atom is 0.338 e. The molecule has 0 bridgehead atoms. The predicted molar refractivity (Wildman–Crippen MR) is 95.5 cm³/mol. The SMILES string of the molecule is CCOC(=O)C1=C(CCc2ccccc2C(=O)O)CC2=C1CCCC2. The zero-order chi connectivity index (χ0) is 17.8. The quantitative estimate of drug-likeness (QED) is 0.777. The van der Waals surface area contributed by atoms with Crippen molar-refractivity contribution < 1.29 is 19.4 Å². The molecule has 4 nitrogen and oxygen atoms in total. The number of allylic oxidation sites excluding steroid dienone is 2. The maximum absolute atomic E-state index is 12.5. The third kappa shape index (κ3) is 3.68. The van der Waals surface area contributed by atoms with E-state index < -0.39 is 5.97 Å². The van der Waals surface area contributed by atoms with Crippen LogP contribution in [0.25, 0.3) is 0 Å². The summed E-state index contributed by atoms with van der Waals surface area (Å²) in [7, 11) is 0. The lowest BCUT2D eigenvalue weighted by Crippen LogP contribution is -2.11. The van der Waals surface area contributed by atoms with Crippen LogP contribution in [0.1, 0.15) is 61.4 Å². The van der Waals surface area contributed by atoms with Crippen LogP contribution in [-0.4, -0.2) is 23.7 Å². The number of aryl methyl sites for hydroxylation is 1. The number of aromatic carboxylic acids is 1. The summed E-state index contributed by atoms with van der Waals surface area (Å²) in [5, 5.41) is 9.34. The third-order valence-corrected chi connectivity index (χ3v) is 5.09. The van der Waals surface area contributed by atoms with Gasteiger partial charge in [0.15, 0.2) is 0 Å². The number of carboxylic acid groups (broad SMARTS) is 1. The average molecular weight is 340 g/mol. The zero-order valence-corrected chi connectivity index (χ0v) is 14.6. The van der Waals surface area contributed by atoms with Crippen molar-refractivity contribution in [1.82, 2.24) is 0 Å². The molecule has 1 aromatic rings. The smallest absolute Gasteiger partial charge is 0.338 e. The fourth-order valence-corrected chi connectivity index (χ4v) is 3.94. The molecule has 4 heteroatoms. The van der Waals surface area contributed by atoms with Gasteiger partial charge in [-0.05, 0) is 69.1 Å². The summed E-state index contributed by atoms with van der Waals surface area (Å²) in [4.78, 5) is 23.9. The van der Waals surface area contributed by atoms with Gasteiger partial charge in [0.2, 0.25) is 0 Å². The molecule has 0 heterocycles. The molecule has 1 N–H and O–H groups in total. The van der Waals surface area contributed by atoms with Crippen LogP contribution in [-0.2, 0) is 16.0 Å². The first-order valence-electron chi connectivity index (χ1n) is 9.03. The van der Waals surface area contributed by atoms with Gasteiger partial charge in [-0.2, -0.15) is 0 Å². The Hall–Kier alpha value is -2.36. The highest BCUT2D eigenvalue weighted by Crippen LogP contribution is 2.43. The van der Waals surface area contributed by atoms with Crippen molar-refractivity contribution in [2.45, 2.75) is 51.9 Å². The Balaban J connectivity index is 1.84. The topological polar surface area (TPSA) is 63.6 Å². The van der Waals surface area contributed by atoms with E-state index in [0.29, 0.717) is 25.0 Å². The molecule has 2 aliphatic carbocycles. The Morgan fingerprint density at radius 2 is 1.88 bits per heavy atom. The Labute approximate surface area is 148 Å². The minimum absolute atomic E-state index is 0.212. The van der Waals surface area contributed by atoms with Crippen LogP contribution in [0.4, 0.5) is 0 Å². The first kappa shape index (κ1) is 17.5. The molecule has 0 saturated heterocycles. The molecule has 3 rings (SSSR count). The first-order chi connectivity index (χ1) is 12.1. The Morgan fingerprint density at radius 1 is 1.12 bits per heavy atom. The number of ether oxygens (including phenoxy) is 1. The van der Waals surface area contributed by atoms with E-state index in [-0.39, 0.29) is 5.97 Å². The molecule has 0 radical (unpaired) electrons. The first-order valence-corrected chi connectivity index (χ1v) is 9.03. The summed E-state index contributed by atoms with van der Waals surface area (Å²) >= 11 is 0. The van der Waals surface area contributed by atoms with Gasteiger partial charge in [-0.25, -0.2) is 9.59 Å². The van der Waals surface area contributed by atoms with Gasteiger partial charge in [0, 0.05) is 0 Å². The van der Waals surface area contributed by atoms with Gasteiger partial charge in [-0.3, -0.25) is 0 Å². The molecule has 0 saturated carbocycles. The number of esters is 1. The summed E-state index contributed by atoms with van der Waals surface area (Å²) in [6.45, 7) is 2.20. The van der Waals surface area contributed by atoms with Crippen LogP contribution >= 0.6 is 0 Å². The van der Waals surface area contributed by atoms with Crippen molar-refractivity contribution in [3.05, 3.63) is 57.7 Å². The Bertz CT molecular complexity index is 755. The lowest BCUT2D eigenvalue weighted by Gasteiger charge is -2.15. The van der Waals surface area contributed by atoms with Crippen LogP contribution < -0.4 is 0 Å². The summed E-state index contributed by atoms with van der Waals surface area (Å²) < 4.78 is 5.29. The van der Waals surface area contributed by atoms with E-state index in [2.05, 4.69) is 0 Å².